The number of anilines is 1. The fraction of sp³-hybridized carbons (Fsp3) is 0.368. The van der Waals surface area contributed by atoms with Crippen LogP contribution in [-0.2, 0) is 40.1 Å². The predicted octanol–water partition coefficient (Wildman–Crippen LogP) is -1.25. The molecule has 0 aromatic carbocycles. The molecule has 2 aliphatic heterocycles. The van der Waals surface area contributed by atoms with Gasteiger partial charge in [-0.05, 0) is 16.0 Å². The number of oxime groups is 1. The van der Waals surface area contributed by atoms with Crippen LogP contribution in [0.3, 0.4) is 0 Å². The number of hydrogen-bond donors (Lipinski definition) is 3. The fourth-order valence-electron chi connectivity index (χ4n) is 3.54. The summed E-state index contributed by atoms with van der Waals surface area (Å²) in [6.07, 6.45) is 0.433. The lowest BCUT2D eigenvalue weighted by Crippen LogP contribution is -2.71. The van der Waals surface area contributed by atoms with Crippen LogP contribution in [0.5, 0.6) is 0 Å². The number of rotatable bonds is 12. The average Bonchev–Trinajstić information content (AvgIpc) is 3.57. The third-order valence-electron chi connectivity index (χ3n) is 5.24. The van der Waals surface area contributed by atoms with Crippen LogP contribution < -0.4 is 10.6 Å². The van der Waals surface area contributed by atoms with Gasteiger partial charge in [0, 0.05) is 16.9 Å². The van der Waals surface area contributed by atoms with E-state index in [0.29, 0.717) is 12.0 Å². The maximum Gasteiger partial charge on any atom is 0.352 e. The molecule has 3 N–H and O–H groups in total. The smallest absolute Gasteiger partial charge is 0.352 e. The van der Waals surface area contributed by atoms with Crippen LogP contribution in [0.15, 0.2) is 27.0 Å². The number of thioether (sulfide) groups is 2. The van der Waals surface area contributed by atoms with Crippen LogP contribution in [0.25, 0.3) is 0 Å². The van der Waals surface area contributed by atoms with E-state index in [1.165, 1.54) is 36.0 Å². The molecule has 2 aromatic rings. The lowest BCUT2D eigenvalue weighted by atomic mass is 10.0. The molecule has 2 aliphatic rings. The zero-order valence-corrected chi connectivity index (χ0v) is 22.5. The highest BCUT2D eigenvalue weighted by Crippen LogP contribution is 2.41. The van der Waals surface area contributed by atoms with Crippen LogP contribution in [0.4, 0.5) is 5.13 Å². The van der Waals surface area contributed by atoms with Crippen molar-refractivity contribution in [3.63, 3.8) is 0 Å². The van der Waals surface area contributed by atoms with E-state index in [1.807, 2.05) is 0 Å². The molecule has 1 unspecified atom stereocenters. The van der Waals surface area contributed by atoms with Gasteiger partial charge < -0.3 is 25.3 Å². The van der Waals surface area contributed by atoms with Gasteiger partial charge in [0.25, 0.3) is 11.8 Å². The van der Waals surface area contributed by atoms with Gasteiger partial charge in [-0.25, -0.2) is 14.5 Å². The first kappa shape index (κ1) is 28.0. The number of nitrogens with one attached hydrogen (secondary N) is 2. The van der Waals surface area contributed by atoms with E-state index in [2.05, 4.69) is 41.0 Å². The van der Waals surface area contributed by atoms with Crippen LogP contribution in [0, 0.1) is 0 Å². The number of fused-ring (bicyclic) bond motifs is 1. The number of β-lactam (4-membered cyclic amide) rings is 1. The molecule has 0 bridgehead atoms. The van der Waals surface area contributed by atoms with E-state index in [4.69, 9.17) is 4.84 Å². The Labute approximate surface area is 231 Å². The zero-order chi connectivity index (χ0) is 28.1. The van der Waals surface area contributed by atoms with Gasteiger partial charge in [0.2, 0.25) is 11.6 Å². The van der Waals surface area contributed by atoms with Gasteiger partial charge in [-0.1, -0.05) is 16.9 Å². The summed E-state index contributed by atoms with van der Waals surface area (Å²) in [6, 6.07) is -1.02. The number of thiazole rings is 1. The molecular weight excluding hydrogens is 578 g/mol. The number of methoxy groups -OCH3 is 1. The zero-order valence-electron chi connectivity index (χ0n) is 20.1. The minimum atomic E-state index is -1.30. The molecule has 0 spiro atoms. The summed E-state index contributed by atoms with van der Waals surface area (Å²) in [6.45, 7) is -0.219. The molecule has 3 amide bonds. The van der Waals surface area contributed by atoms with E-state index >= 15 is 0 Å². The van der Waals surface area contributed by atoms with Crippen molar-refractivity contribution in [3.05, 3.63) is 22.3 Å². The number of carbonyl (C=O) groups excluding carboxylic acids is 4. The van der Waals surface area contributed by atoms with Gasteiger partial charge >= 0.3 is 11.9 Å². The number of tetrazole rings is 1. The van der Waals surface area contributed by atoms with Crippen LogP contribution in [0.2, 0.25) is 0 Å². The van der Waals surface area contributed by atoms with Crippen molar-refractivity contribution in [1.29, 1.82) is 0 Å². The SMILES string of the molecule is CON=C(C(=O)NC1C(=O)N2C(C(=O)O)=C(CSc3nnnn3CC(=O)OC)CS[C@H]12)c1csc(NC=O)n1. The number of carbonyl (C=O) groups is 5. The first-order valence-corrected chi connectivity index (χ1v) is 13.6. The van der Waals surface area contributed by atoms with Gasteiger partial charge in [0.05, 0.1) is 7.11 Å². The van der Waals surface area contributed by atoms with Crippen LogP contribution in [-0.4, -0.2) is 108 Å². The number of aliphatic carboxylic acids is 1. The summed E-state index contributed by atoms with van der Waals surface area (Å²) in [5, 5.41) is 30.9. The first-order chi connectivity index (χ1) is 18.8. The number of esters is 1. The van der Waals surface area contributed by atoms with Crippen molar-refractivity contribution in [2.45, 2.75) is 23.1 Å². The molecule has 206 valence electrons. The second-order valence-electron chi connectivity index (χ2n) is 7.52. The van der Waals surface area contributed by atoms with E-state index < -0.39 is 35.2 Å². The van der Waals surface area contributed by atoms with Crippen LogP contribution in [0.1, 0.15) is 5.69 Å². The third-order valence-corrected chi connectivity index (χ3v) is 8.40. The predicted molar refractivity (Wildman–Crippen MR) is 136 cm³/mol. The van der Waals surface area contributed by atoms with Crippen molar-refractivity contribution in [1.82, 2.24) is 35.4 Å². The minimum absolute atomic E-state index is 0.114. The monoisotopic (exact) mass is 597 g/mol. The third kappa shape index (κ3) is 5.86. The molecule has 2 atom stereocenters. The number of carboxylic acids is 1. The summed E-state index contributed by atoms with van der Waals surface area (Å²) >= 11 is 3.43. The van der Waals surface area contributed by atoms with Crippen molar-refractivity contribution in [2.24, 2.45) is 5.16 Å². The molecule has 0 aliphatic carbocycles. The Morgan fingerprint density at radius 2 is 2.15 bits per heavy atom. The highest BCUT2D eigenvalue weighted by molar-refractivity contribution is 8.01. The highest BCUT2D eigenvalue weighted by atomic mass is 32.2. The normalized spacial score (nSPS) is 18.7. The number of hydrogen-bond acceptors (Lipinski definition) is 15. The van der Waals surface area contributed by atoms with Crippen LogP contribution >= 0.6 is 34.9 Å². The molecule has 20 heteroatoms. The number of nitrogens with zero attached hydrogens (tertiary/aromatic N) is 7. The lowest BCUT2D eigenvalue weighted by molar-refractivity contribution is -0.150. The van der Waals surface area contributed by atoms with Gasteiger partial charge in [0.15, 0.2) is 10.8 Å². The average molecular weight is 598 g/mol. The Kier molecular flexibility index (Phi) is 8.76. The van der Waals surface area contributed by atoms with E-state index in [1.54, 1.807) is 0 Å². The topological polar surface area (TPSA) is 220 Å². The van der Waals surface area contributed by atoms with Gasteiger partial charge in [-0.15, -0.1) is 28.2 Å². The largest absolute Gasteiger partial charge is 0.477 e. The number of ether oxygens (including phenoxy) is 1. The Balaban J connectivity index is 1.46. The molecule has 0 radical (unpaired) electrons. The molecule has 39 heavy (non-hydrogen) atoms. The summed E-state index contributed by atoms with van der Waals surface area (Å²) in [7, 11) is 2.46. The Morgan fingerprint density at radius 3 is 2.85 bits per heavy atom. The summed E-state index contributed by atoms with van der Waals surface area (Å²) in [4.78, 5) is 70.2. The Bertz CT molecular complexity index is 1370. The summed E-state index contributed by atoms with van der Waals surface area (Å²) in [5.41, 5.74) is 0.140. The number of amides is 3. The molecule has 1 saturated heterocycles. The van der Waals surface area contributed by atoms with Gasteiger partial charge in [-0.2, -0.15) is 0 Å². The molecule has 4 heterocycles. The Morgan fingerprint density at radius 1 is 1.36 bits per heavy atom. The second kappa shape index (κ2) is 12.2. The molecule has 4 rings (SSSR count). The van der Waals surface area contributed by atoms with Gasteiger partial charge in [-0.3, -0.25) is 24.1 Å². The molecule has 1 fully saturated rings. The van der Waals surface area contributed by atoms with E-state index in [9.17, 15) is 29.1 Å². The lowest BCUT2D eigenvalue weighted by Gasteiger charge is -2.49. The van der Waals surface area contributed by atoms with Crippen molar-refractivity contribution in [3.8, 4) is 0 Å². The van der Waals surface area contributed by atoms with Crippen molar-refractivity contribution < 1.29 is 38.7 Å². The summed E-state index contributed by atoms with van der Waals surface area (Å²) < 4.78 is 5.83. The standard InChI is InChI=1S/C19H19N9O8S3/c1-35-10(30)3-27-19(23-25-26-27)39-5-8-4-37-16-12(15(32)28(16)13(8)17(33)34)22-14(31)11(24-36-2)9-6-38-18(21-9)20-7-29/h6-7,12,16H,3-5H2,1-2H3,(H,22,31)(H,33,34)(H,20,21,29)/t12?,16-/m1/s1. The molecule has 17 nitrogen and oxygen atoms in total. The van der Waals surface area contributed by atoms with Gasteiger partial charge in [0.1, 0.15) is 36.5 Å². The Hall–Kier alpha value is -4.04. The second-order valence-corrected chi connectivity index (χ2v) is 10.4. The van der Waals surface area contributed by atoms with E-state index in [-0.39, 0.29) is 45.4 Å². The fourth-order valence-corrected chi connectivity index (χ4v) is 6.55. The number of carboxylic acid groups (broad SMARTS) is 1. The van der Waals surface area contributed by atoms with Crippen molar-refractivity contribution >= 4 is 75.9 Å². The first-order valence-electron chi connectivity index (χ1n) is 10.7. The molecular formula is C19H19N9O8S3. The minimum Gasteiger partial charge on any atom is -0.477 e. The maximum absolute atomic E-state index is 13.0. The van der Waals surface area contributed by atoms with Crippen molar-refractivity contribution in [2.75, 3.05) is 31.0 Å². The summed E-state index contributed by atoms with van der Waals surface area (Å²) in [5.74, 6) is -2.86. The maximum atomic E-state index is 13.0. The molecule has 2 aromatic heterocycles. The van der Waals surface area contributed by atoms with E-state index in [0.717, 1.165) is 28.0 Å². The highest BCUT2D eigenvalue weighted by Gasteiger charge is 2.54. The molecule has 0 saturated carbocycles. The number of aromatic nitrogens is 5. The quantitative estimate of drug-likeness (QED) is 0.0650.